The molecule has 0 fully saturated rings. The highest BCUT2D eigenvalue weighted by Crippen LogP contribution is 2.26. The lowest BCUT2D eigenvalue weighted by Gasteiger charge is -2.31. The molecule has 9 heteroatoms. The number of nitrogens with zero attached hydrogens (tertiary/aromatic N) is 2. The molecular formula is C23H33FN4O3S. The fraction of sp³-hybridized carbons (Fsp3) is 0.435. The van der Waals surface area contributed by atoms with Crippen LogP contribution in [-0.4, -0.2) is 45.2 Å². The van der Waals surface area contributed by atoms with Gasteiger partial charge in [0.1, 0.15) is 5.82 Å². The van der Waals surface area contributed by atoms with Crippen molar-refractivity contribution in [3.63, 3.8) is 0 Å². The molecule has 0 aliphatic carbocycles. The van der Waals surface area contributed by atoms with Crippen LogP contribution in [0.15, 0.2) is 42.5 Å². The summed E-state index contributed by atoms with van der Waals surface area (Å²) in [7, 11) is 0.341. The molecule has 0 radical (unpaired) electrons. The summed E-state index contributed by atoms with van der Waals surface area (Å²) < 4.78 is 40.6. The number of hydrogen-bond donors (Lipinski definition) is 2. The van der Waals surface area contributed by atoms with Crippen LogP contribution in [0.3, 0.4) is 0 Å². The van der Waals surface area contributed by atoms with Gasteiger partial charge in [-0.1, -0.05) is 19.9 Å². The van der Waals surface area contributed by atoms with Crippen molar-refractivity contribution >= 4 is 33.1 Å². The Morgan fingerprint density at radius 3 is 2.41 bits per heavy atom. The van der Waals surface area contributed by atoms with Crippen LogP contribution in [0.4, 0.5) is 26.2 Å². The van der Waals surface area contributed by atoms with Gasteiger partial charge in [-0.15, -0.1) is 0 Å². The topological polar surface area (TPSA) is 81.8 Å². The monoisotopic (exact) mass is 464 g/mol. The minimum Gasteiger partial charge on any atom is -0.377 e. The molecule has 7 nitrogen and oxygen atoms in total. The van der Waals surface area contributed by atoms with E-state index in [-0.39, 0.29) is 24.4 Å². The lowest BCUT2D eigenvalue weighted by molar-refractivity contribution is 0.187. The van der Waals surface area contributed by atoms with Gasteiger partial charge in [0.15, 0.2) is 0 Å². The first kappa shape index (κ1) is 25.5. The number of nitrogens with one attached hydrogen (secondary N) is 2. The van der Waals surface area contributed by atoms with Crippen molar-refractivity contribution in [3.8, 4) is 0 Å². The van der Waals surface area contributed by atoms with Gasteiger partial charge in [0.25, 0.3) is 0 Å². The van der Waals surface area contributed by atoms with Gasteiger partial charge in [0.2, 0.25) is 10.0 Å². The average Bonchev–Trinajstić information content (AvgIpc) is 2.70. The number of benzene rings is 2. The Balaban J connectivity index is 2.36. The van der Waals surface area contributed by atoms with Crippen molar-refractivity contribution in [2.45, 2.75) is 46.2 Å². The lowest BCUT2D eigenvalue weighted by Crippen LogP contribution is -2.41. The zero-order chi connectivity index (χ0) is 23.9. The summed E-state index contributed by atoms with van der Waals surface area (Å²) in [6, 6.07) is 10.6. The Bertz CT molecular complexity index is 1030. The molecule has 2 N–H and O–H groups in total. The maximum Gasteiger partial charge on any atom is 0.322 e. The van der Waals surface area contributed by atoms with E-state index in [1.54, 1.807) is 30.0 Å². The molecule has 0 aliphatic heterocycles. The zero-order valence-electron chi connectivity index (χ0n) is 19.4. The summed E-state index contributed by atoms with van der Waals surface area (Å²) >= 11 is 0. The Kier molecular flexibility index (Phi) is 8.89. The van der Waals surface area contributed by atoms with Gasteiger partial charge in [-0.2, -0.15) is 0 Å². The number of carbonyl (C=O) groups excluding carboxylic acids is 1. The molecule has 0 saturated carbocycles. The van der Waals surface area contributed by atoms with Crippen molar-refractivity contribution in [3.05, 3.63) is 53.8 Å². The fourth-order valence-corrected chi connectivity index (χ4v) is 4.43. The Morgan fingerprint density at radius 1 is 1.09 bits per heavy atom. The number of anilines is 3. The first-order valence-electron chi connectivity index (χ1n) is 10.7. The first-order valence-corrected chi connectivity index (χ1v) is 12.4. The van der Waals surface area contributed by atoms with E-state index in [1.807, 2.05) is 38.9 Å². The SMILES string of the molecule is CCCS(=O)(=O)Nc1ccc(N(C)C)c(CN(C(=O)Nc2cccc(F)c2)C(C)CC)c1. The number of halogens is 1. The molecule has 0 bridgehead atoms. The summed E-state index contributed by atoms with van der Waals surface area (Å²) in [5, 5.41) is 2.76. The van der Waals surface area contributed by atoms with Crippen molar-refractivity contribution in [1.29, 1.82) is 0 Å². The molecule has 0 heterocycles. The average molecular weight is 465 g/mol. The van der Waals surface area contributed by atoms with Crippen LogP contribution in [-0.2, 0) is 16.6 Å². The summed E-state index contributed by atoms with van der Waals surface area (Å²) in [5.74, 6) is -0.396. The largest absolute Gasteiger partial charge is 0.377 e. The van der Waals surface area contributed by atoms with Crippen molar-refractivity contribution in [1.82, 2.24) is 4.90 Å². The van der Waals surface area contributed by atoms with E-state index in [0.29, 0.717) is 17.8 Å². The number of amides is 2. The van der Waals surface area contributed by atoms with E-state index in [9.17, 15) is 17.6 Å². The first-order chi connectivity index (χ1) is 15.1. The third-order valence-corrected chi connectivity index (χ3v) is 6.60. The van der Waals surface area contributed by atoms with Gasteiger partial charge in [-0.05, 0) is 61.7 Å². The number of rotatable bonds is 10. The second-order valence-corrected chi connectivity index (χ2v) is 9.83. The second-order valence-electron chi connectivity index (χ2n) is 7.98. The Hall–Kier alpha value is -2.81. The number of urea groups is 1. The highest BCUT2D eigenvalue weighted by Gasteiger charge is 2.22. The molecule has 32 heavy (non-hydrogen) atoms. The molecule has 0 saturated heterocycles. The van der Waals surface area contributed by atoms with Crippen LogP contribution in [0.5, 0.6) is 0 Å². The molecule has 1 unspecified atom stereocenters. The van der Waals surface area contributed by atoms with Crippen molar-refractivity contribution < 1.29 is 17.6 Å². The summed E-state index contributed by atoms with van der Waals surface area (Å²) in [4.78, 5) is 16.7. The van der Waals surface area contributed by atoms with E-state index in [1.165, 1.54) is 18.2 Å². The van der Waals surface area contributed by atoms with Gasteiger partial charge in [-0.3, -0.25) is 4.72 Å². The molecular weight excluding hydrogens is 431 g/mol. The number of hydrogen-bond acceptors (Lipinski definition) is 4. The van der Waals surface area contributed by atoms with E-state index in [4.69, 9.17) is 0 Å². The molecule has 2 aromatic rings. The maximum atomic E-state index is 13.5. The highest BCUT2D eigenvalue weighted by atomic mass is 32.2. The fourth-order valence-electron chi connectivity index (χ4n) is 3.30. The van der Waals surface area contributed by atoms with Crippen LogP contribution in [0.1, 0.15) is 39.2 Å². The van der Waals surface area contributed by atoms with E-state index in [2.05, 4.69) is 10.0 Å². The Morgan fingerprint density at radius 2 is 1.81 bits per heavy atom. The molecule has 176 valence electrons. The number of carbonyl (C=O) groups is 1. The van der Waals surface area contributed by atoms with Crippen LogP contribution in [0.25, 0.3) is 0 Å². The molecule has 2 rings (SSSR count). The van der Waals surface area contributed by atoms with Crippen molar-refractivity contribution in [2.24, 2.45) is 0 Å². The molecule has 0 aliphatic rings. The normalized spacial score (nSPS) is 12.2. The molecule has 0 spiro atoms. The minimum absolute atomic E-state index is 0.0345. The smallest absolute Gasteiger partial charge is 0.322 e. The number of sulfonamides is 1. The third-order valence-electron chi connectivity index (χ3n) is 5.11. The van der Waals surface area contributed by atoms with E-state index >= 15 is 0 Å². The van der Waals surface area contributed by atoms with Crippen LogP contribution in [0.2, 0.25) is 0 Å². The predicted octanol–water partition coefficient (Wildman–Crippen LogP) is 4.88. The minimum atomic E-state index is -3.44. The molecule has 0 aromatic heterocycles. The van der Waals surface area contributed by atoms with Crippen LogP contribution in [0, 0.1) is 5.82 Å². The van der Waals surface area contributed by atoms with E-state index in [0.717, 1.165) is 17.7 Å². The van der Waals surface area contributed by atoms with Gasteiger partial charge in [-0.25, -0.2) is 17.6 Å². The summed E-state index contributed by atoms with van der Waals surface area (Å²) in [5.41, 5.74) is 2.49. The molecule has 1 atom stereocenters. The standard InChI is InChI=1S/C23H33FN4O3S/c1-6-13-32(30,31)26-21-11-12-22(27(4)5)18(14-21)16-28(17(3)7-2)23(29)25-20-10-8-9-19(24)15-20/h8-12,14-15,17,26H,6-7,13,16H2,1-5H3,(H,25,29). The lowest BCUT2D eigenvalue weighted by atomic mass is 10.1. The van der Waals surface area contributed by atoms with Crippen LogP contribution < -0.4 is 14.9 Å². The van der Waals surface area contributed by atoms with Gasteiger partial charge >= 0.3 is 6.03 Å². The Labute approximate surface area is 190 Å². The van der Waals surface area contributed by atoms with Crippen molar-refractivity contribution in [2.75, 3.05) is 34.8 Å². The third kappa shape index (κ3) is 7.12. The molecule has 2 amide bonds. The highest BCUT2D eigenvalue weighted by molar-refractivity contribution is 7.92. The zero-order valence-corrected chi connectivity index (χ0v) is 20.2. The maximum absolute atomic E-state index is 13.5. The second kappa shape index (κ2) is 11.2. The van der Waals surface area contributed by atoms with Gasteiger partial charge in [0.05, 0.1) is 5.75 Å². The van der Waals surface area contributed by atoms with Gasteiger partial charge in [0, 0.05) is 43.7 Å². The quantitative estimate of drug-likeness (QED) is 0.525. The van der Waals surface area contributed by atoms with Crippen LogP contribution >= 0.6 is 0 Å². The summed E-state index contributed by atoms with van der Waals surface area (Å²) in [6.45, 7) is 5.98. The predicted molar refractivity (Wildman–Crippen MR) is 129 cm³/mol. The van der Waals surface area contributed by atoms with E-state index < -0.39 is 15.8 Å². The van der Waals surface area contributed by atoms with Gasteiger partial charge < -0.3 is 15.1 Å². The summed E-state index contributed by atoms with van der Waals surface area (Å²) in [6.07, 6.45) is 1.23. The molecule has 2 aromatic carbocycles.